The molecule has 42 heavy (non-hydrogen) atoms. The predicted molar refractivity (Wildman–Crippen MR) is 167 cm³/mol. The number of rotatable bonds is 11. The lowest BCUT2D eigenvalue weighted by Crippen LogP contribution is -2.42. The number of likely N-dealkylation sites (tertiary alicyclic amines) is 1. The summed E-state index contributed by atoms with van der Waals surface area (Å²) in [7, 11) is 0. The summed E-state index contributed by atoms with van der Waals surface area (Å²) in [5.74, 6) is 0.197. The van der Waals surface area contributed by atoms with Crippen LogP contribution in [0.5, 0.6) is 5.75 Å². The van der Waals surface area contributed by atoms with Crippen molar-refractivity contribution in [2.75, 3.05) is 31.5 Å². The van der Waals surface area contributed by atoms with Crippen LogP contribution in [-0.4, -0.2) is 54.3 Å². The number of amides is 2. The summed E-state index contributed by atoms with van der Waals surface area (Å²) >= 11 is 1.49. The number of nitrogens with one attached hydrogen (secondary N) is 3. The van der Waals surface area contributed by atoms with Gasteiger partial charge in [0.15, 0.2) is 0 Å². The molecule has 218 valence electrons. The van der Waals surface area contributed by atoms with Crippen LogP contribution in [0.2, 0.25) is 0 Å². The van der Waals surface area contributed by atoms with Gasteiger partial charge in [0.25, 0.3) is 5.91 Å². The fourth-order valence-corrected chi connectivity index (χ4v) is 5.85. The van der Waals surface area contributed by atoms with E-state index in [9.17, 15) is 14.7 Å². The van der Waals surface area contributed by atoms with Crippen LogP contribution in [0.25, 0.3) is 11.1 Å². The van der Waals surface area contributed by atoms with Crippen molar-refractivity contribution in [3.63, 3.8) is 0 Å². The summed E-state index contributed by atoms with van der Waals surface area (Å²) in [4.78, 5) is 29.4. The molecular weight excluding hydrogens is 548 g/mol. The number of hydrogen-bond acceptors (Lipinski definition) is 7. The average Bonchev–Trinajstić information content (AvgIpc) is 3.49. The number of piperidine rings is 1. The van der Waals surface area contributed by atoms with Gasteiger partial charge in [0.1, 0.15) is 11.9 Å². The van der Waals surface area contributed by atoms with Gasteiger partial charge in [-0.2, -0.15) is 0 Å². The Labute approximate surface area is 250 Å². The number of carbonyl (C=O) groups is 2. The maximum atomic E-state index is 12.7. The van der Waals surface area contributed by atoms with Gasteiger partial charge in [0.2, 0.25) is 0 Å². The molecule has 0 bridgehead atoms. The van der Waals surface area contributed by atoms with E-state index in [1.807, 2.05) is 78.9 Å². The molecule has 9 heteroatoms. The quantitative estimate of drug-likeness (QED) is 0.176. The van der Waals surface area contributed by atoms with Crippen molar-refractivity contribution in [3.8, 4) is 16.9 Å². The van der Waals surface area contributed by atoms with E-state index in [2.05, 4.69) is 20.9 Å². The first-order valence-electron chi connectivity index (χ1n) is 14.2. The molecule has 2 heterocycles. The zero-order valence-electron chi connectivity index (χ0n) is 23.4. The van der Waals surface area contributed by atoms with Gasteiger partial charge in [0, 0.05) is 49.7 Å². The Morgan fingerprint density at radius 1 is 0.881 bits per heavy atom. The van der Waals surface area contributed by atoms with Crippen LogP contribution in [0.4, 0.5) is 10.5 Å². The molecule has 0 saturated carbocycles. The number of carbonyl (C=O) groups excluding carboxylic acids is 2. The van der Waals surface area contributed by atoms with Crippen molar-refractivity contribution < 1.29 is 19.4 Å². The van der Waals surface area contributed by atoms with Gasteiger partial charge in [-0.1, -0.05) is 60.7 Å². The Morgan fingerprint density at radius 3 is 2.40 bits per heavy atom. The Balaban J connectivity index is 0.982. The minimum absolute atomic E-state index is 0.0598. The van der Waals surface area contributed by atoms with Gasteiger partial charge in [-0.3, -0.25) is 10.1 Å². The first-order valence-corrected chi connectivity index (χ1v) is 15.0. The topological polar surface area (TPSA) is 103 Å². The minimum Gasteiger partial charge on any atom is -0.508 e. The highest BCUT2D eigenvalue weighted by molar-refractivity contribution is 7.14. The molecule has 1 aromatic heterocycles. The summed E-state index contributed by atoms with van der Waals surface area (Å²) in [6, 6.07) is 28.6. The van der Waals surface area contributed by atoms with Crippen LogP contribution in [0.1, 0.15) is 33.0 Å². The third-order valence-corrected chi connectivity index (χ3v) is 8.30. The van der Waals surface area contributed by atoms with Gasteiger partial charge < -0.3 is 25.4 Å². The predicted octanol–water partition coefficient (Wildman–Crippen LogP) is 5.85. The van der Waals surface area contributed by atoms with E-state index in [1.54, 1.807) is 12.1 Å². The molecular formula is C33H36N4O4S. The normalized spacial score (nSPS) is 13.9. The number of para-hydroxylation sites is 1. The monoisotopic (exact) mass is 584 g/mol. The standard InChI is InChI=1S/C33H36N4O4S/c38-26-12-10-24(11-13-26)22-34-23-28-14-15-31(42-28)32(39)35-18-21-37-19-16-27(17-20-37)41-33(40)36-30-9-5-4-8-29(30)25-6-2-1-3-7-25/h1-15,27,34,38H,16-23H2,(H,35,39)(H,36,40). The van der Waals surface area contributed by atoms with E-state index in [0.29, 0.717) is 24.5 Å². The zero-order chi connectivity index (χ0) is 29.1. The number of phenolic OH excluding ortho intramolecular Hbond substituents is 1. The van der Waals surface area contributed by atoms with Crippen molar-refractivity contribution in [2.24, 2.45) is 0 Å². The van der Waals surface area contributed by atoms with E-state index < -0.39 is 6.09 Å². The second-order valence-electron chi connectivity index (χ2n) is 10.3. The Hall–Kier alpha value is -4.18. The number of hydrogen-bond donors (Lipinski definition) is 4. The zero-order valence-corrected chi connectivity index (χ0v) is 24.2. The van der Waals surface area contributed by atoms with Crippen molar-refractivity contribution in [1.29, 1.82) is 0 Å². The van der Waals surface area contributed by atoms with E-state index in [-0.39, 0.29) is 17.8 Å². The Morgan fingerprint density at radius 2 is 1.62 bits per heavy atom. The van der Waals surface area contributed by atoms with Gasteiger partial charge in [-0.05, 0) is 54.3 Å². The second-order valence-corrected chi connectivity index (χ2v) is 11.4. The summed E-state index contributed by atoms with van der Waals surface area (Å²) in [5.41, 5.74) is 3.80. The summed E-state index contributed by atoms with van der Waals surface area (Å²) < 4.78 is 5.73. The molecule has 1 fully saturated rings. The van der Waals surface area contributed by atoms with Gasteiger partial charge >= 0.3 is 6.09 Å². The van der Waals surface area contributed by atoms with E-state index >= 15 is 0 Å². The molecule has 3 aromatic carbocycles. The molecule has 4 N–H and O–H groups in total. The molecule has 5 rings (SSSR count). The average molecular weight is 585 g/mol. The van der Waals surface area contributed by atoms with Crippen LogP contribution in [0, 0.1) is 0 Å². The number of aromatic hydroxyl groups is 1. The molecule has 0 unspecified atom stereocenters. The van der Waals surface area contributed by atoms with Crippen LogP contribution in [0.3, 0.4) is 0 Å². The minimum atomic E-state index is -0.435. The summed E-state index contributed by atoms with van der Waals surface area (Å²) in [6.45, 7) is 4.30. The van der Waals surface area contributed by atoms with Gasteiger partial charge in [-0.15, -0.1) is 11.3 Å². The first kappa shape index (κ1) is 29.3. The first-order chi connectivity index (χ1) is 20.5. The van der Waals surface area contributed by atoms with Crippen molar-refractivity contribution >= 4 is 29.0 Å². The van der Waals surface area contributed by atoms with E-state index in [4.69, 9.17) is 4.74 Å². The molecule has 1 aliphatic rings. The summed E-state index contributed by atoms with van der Waals surface area (Å²) in [6.07, 6.45) is 0.946. The number of ether oxygens (including phenoxy) is 1. The number of benzene rings is 3. The molecule has 2 amide bonds. The fraction of sp³-hybridized carbons (Fsp3) is 0.273. The third-order valence-electron chi connectivity index (χ3n) is 7.22. The van der Waals surface area contributed by atoms with Crippen LogP contribution < -0.4 is 16.0 Å². The smallest absolute Gasteiger partial charge is 0.411 e. The molecule has 0 atom stereocenters. The maximum Gasteiger partial charge on any atom is 0.411 e. The molecule has 4 aromatic rings. The highest BCUT2D eigenvalue weighted by Crippen LogP contribution is 2.28. The van der Waals surface area contributed by atoms with E-state index in [0.717, 1.165) is 59.7 Å². The van der Waals surface area contributed by atoms with Crippen LogP contribution in [-0.2, 0) is 17.8 Å². The fourth-order valence-electron chi connectivity index (χ4n) is 4.96. The van der Waals surface area contributed by atoms with Crippen molar-refractivity contribution in [3.05, 3.63) is 106 Å². The Kier molecular flexibility index (Phi) is 10.2. The molecule has 0 spiro atoms. The Bertz CT molecular complexity index is 1450. The molecule has 1 saturated heterocycles. The number of nitrogens with zero attached hydrogens (tertiary/aromatic N) is 1. The molecule has 8 nitrogen and oxygen atoms in total. The lowest BCUT2D eigenvalue weighted by molar-refractivity contribution is 0.0587. The van der Waals surface area contributed by atoms with Gasteiger partial charge in [-0.25, -0.2) is 4.79 Å². The van der Waals surface area contributed by atoms with E-state index in [1.165, 1.54) is 11.3 Å². The SMILES string of the molecule is O=C(Nc1ccccc1-c1ccccc1)OC1CCN(CCNC(=O)c2ccc(CNCc3ccc(O)cc3)s2)CC1. The molecule has 0 radical (unpaired) electrons. The number of anilines is 1. The maximum absolute atomic E-state index is 12.7. The molecule has 1 aliphatic heterocycles. The summed E-state index contributed by atoms with van der Waals surface area (Å²) in [5, 5.41) is 18.7. The largest absolute Gasteiger partial charge is 0.508 e. The lowest BCUT2D eigenvalue weighted by Gasteiger charge is -2.31. The van der Waals surface area contributed by atoms with Crippen LogP contribution in [0.15, 0.2) is 91.0 Å². The number of phenols is 1. The molecule has 0 aliphatic carbocycles. The van der Waals surface area contributed by atoms with Crippen molar-refractivity contribution in [2.45, 2.75) is 32.0 Å². The van der Waals surface area contributed by atoms with Gasteiger partial charge in [0.05, 0.1) is 10.6 Å². The lowest BCUT2D eigenvalue weighted by atomic mass is 10.0. The number of thiophene rings is 1. The van der Waals surface area contributed by atoms with Crippen LogP contribution >= 0.6 is 11.3 Å². The van der Waals surface area contributed by atoms with Crippen molar-refractivity contribution in [1.82, 2.24) is 15.5 Å². The second kappa shape index (κ2) is 14.6. The third kappa shape index (κ3) is 8.42. The highest BCUT2D eigenvalue weighted by Gasteiger charge is 2.23. The highest BCUT2D eigenvalue weighted by atomic mass is 32.1.